The first-order chi connectivity index (χ1) is 16.3. The highest BCUT2D eigenvalue weighted by molar-refractivity contribution is 5.96. The lowest BCUT2D eigenvalue weighted by molar-refractivity contribution is -0.226. The number of fused-ring (bicyclic) bond motifs is 2. The fourth-order valence-corrected chi connectivity index (χ4v) is 11.3. The summed E-state index contributed by atoms with van der Waals surface area (Å²) < 4.78 is 11.6. The van der Waals surface area contributed by atoms with Gasteiger partial charge in [-0.1, -0.05) is 33.8 Å². The van der Waals surface area contributed by atoms with Crippen molar-refractivity contribution in [1.82, 2.24) is 0 Å². The molecule has 0 aromatic heterocycles. The SMILES string of the molecule is CC1=C[C@@]2(C[C@H]([C@H]3CC[C@@]4(C)[C@@H]5CC[C@H]6C(C)(C)C(=O)C=C[C@@]67C[C@@]57CC[C@]34C)[C@@H](O)O2)OC1=O. The van der Waals surface area contributed by atoms with Crippen molar-refractivity contribution in [2.45, 2.75) is 98.1 Å². The van der Waals surface area contributed by atoms with Crippen LogP contribution in [0.1, 0.15) is 86.0 Å². The molecule has 190 valence electrons. The number of ether oxygens (including phenoxy) is 2. The van der Waals surface area contributed by atoms with E-state index in [0.29, 0.717) is 40.9 Å². The highest BCUT2D eigenvalue weighted by atomic mass is 16.8. The monoisotopic (exact) mass is 480 g/mol. The van der Waals surface area contributed by atoms with Gasteiger partial charge in [-0.2, -0.15) is 0 Å². The molecule has 0 unspecified atom stereocenters. The van der Waals surface area contributed by atoms with Crippen molar-refractivity contribution in [3.8, 4) is 0 Å². The fraction of sp³-hybridized carbons (Fsp3) is 0.800. The minimum Gasteiger partial charge on any atom is -0.426 e. The van der Waals surface area contributed by atoms with Gasteiger partial charge >= 0.3 is 5.97 Å². The highest BCUT2D eigenvalue weighted by Gasteiger charge is 2.82. The van der Waals surface area contributed by atoms with Gasteiger partial charge in [0.05, 0.1) is 0 Å². The average Bonchev–Trinajstić information content (AvgIpc) is 3.08. The van der Waals surface area contributed by atoms with Gasteiger partial charge < -0.3 is 14.6 Å². The topological polar surface area (TPSA) is 72.8 Å². The molecule has 0 aromatic rings. The molecule has 10 atom stereocenters. The van der Waals surface area contributed by atoms with Gasteiger partial charge in [0.25, 0.3) is 0 Å². The summed E-state index contributed by atoms with van der Waals surface area (Å²) in [6, 6.07) is 0. The van der Waals surface area contributed by atoms with Crippen LogP contribution < -0.4 is 0 Å². The molecule has 3 spiro atoms. The summed E-state index contributed by atoms with van der Waals surface area (Å²) >= 11 is 0. The van der Waals surface area contributed by atoms with Crippen molar-refractivity contribution in [1.29, 1.82) is 0 Å². The Kier molecular flexibility index (Phi) is 4.10. The second-order valence-corrected chi connectivity index (χ2v) is 14.4. The lowest BCUT2D eigenvalue weighted by Gasteiger charge is -2.62. The number of esters is 1. The van der Waals surface area contributed by atoms with Crippen LogP contribution in [0, 0.1) is 50.7 Å². The van der Waals surface area contributed by atoms with Crippen molar-refractivity contribution in [3.63, 3.8) is 0 Å². The molecule has 1 saturated heterocycles. The third kappa shape index (κ3) is 2.40. The van der Waals surface area contributed by atoms with Crippen molar-refractivity contribution < 1.29 is 24.2 Å². The largest absolute Gasteiger partial charge is 0.426 e. The Balaban J connectivity index is 1.21. The van der Waals surface area contributed by atoms with Crippen LogP contribution in [0.15, 0.2) is 23.8 Å². The Hall–Kier alpha value is -1.46. The van der Waals surface area contributed by atoms with E-state index in [1.165, 1.54) is 25.7 Å². The number of hydrogen-bond donors (Lipinski definition) is 1. The maximum Gasteiger partial charge on any atom is 0.336 e. The number of carbonyl (C=O) groups excluding carboxylic acids is 2. The zero-order valence-electron chi connectivity index (χ0n) is 21.9. The van der Waals surface area contributed by atoms with Crippen molar-refractivity contribution in [3.05, 3.63) is 23.8 Å². The molecule has 4 saturated carbocycles. The van der Waals surface area contributed by atoms with Crippen LogP contribution in [-0.2, 0) is 19.1 Å². The first-order valence-corrected chi connectivity index (χ1v) is 13.9. The maximum absolute atomic E-state index is 12.8. The number of rotatable bonds is 1. The standard InChI is InChI=1S/C30H40O5/c1-17-14-30(34-23(17)32)15-18(24(33)35-30)19-8-10-27(5)21-7-6-20-25(2,3)22(31)9-11-28(20)16-29(21,28)13-12-26(19,27)4/h9,11,14,18-21,24,33H,6-8,10,12-13,15-16H2,1-5H3/t18-,19-,20+,21+,24+,26-,27+,28-,29+,30-/m1/s1. The molecule has 35 heavy (non-hydrogen) atoms. The Morgan fingerprint density at radius 2 is 1.71 bits per heavy atom. The normalized spacial score (nSPS) is 57.3. The lowest BCUT2D eigenvalue weighted by Crippen LogP contribution is -2.56. The third-order valence-electron chi connectivity index (χ3n) is 13.2. The Bertz CT molecular complexity index is 1100. The smallest absolute Gasteiger partial charge is 0.336 e. The van der Waals surface area contributed by atoms with Crippen LogP contribution in [0.5, 0.6) is 0 Å². The summed E-state index contributed by atoms with van der Waals surface area (Å²) in [5.41, 5.74) is 1.17. The van der Waals surface area contributed by atoms with Crippen LogP contribution in [0.3, 0.4) is 0 Å². The predicted molar refractivity (Wildman–Crippen MR) is 130 cm³/mol. The van der Waals surface area contributed by atoms with Gasteiger partial charge in [0.1, 0.15) is 0 Å². The first-order valence-electron chi connectivity index (χ1n) is 13.9. The van der Waals surface area contributed by atoms with E-state index in [0.717, 1.165) is 19.3 Å². The van der Waals surface area contributed by atoms with Crippen molar-refractivity contribution in [2.75, 3.05) is 0 Å². The van der Waals surface area contributed by atoms with E-state index in [9.17, 15) is 14.7 Å². The molecule has 7 rings (SSSR count). The van der Waals surface area contributed by atoms with E-state index in [-0.39, 0.29) is 33.5 Å². The molecule has 0 radical (unpaired) electrons. The van der Waals surface area contributed by atoms with Gasteiger partial charge in [0, 0.05) is 23.3 Å². The van der Waals surface area contributed by atoms with Crippen LogP contribution in [-0.4, -0.2) is 28.9 Å². The van der Waals surface area contributed by atoms with Gasteiger partial charge in [-0.05, 0) is 103 Å². The summed E-state index contributed by atoms with van der Waals surface area (Å²) in [5, 5.41) is 11.1. The molecular weight excluding hydrogens is 440 g/mol. The molecule has 5 nitrogen and oxygen atoms in total. The van der Waals surface area contributed by atoms with E-state index in [1.54, 1.807) is 13.0 Å². The van der Waals surface area contributed by atoms with Crippen molar-refractivity contribution in [2.24, 2.45) is 50.7 Å². The summed E-state index contributed by atoms with van der Waals surface area (Å²) in [4.78, 5) is 24.9. The Morgan fingerprint density at radius 3 is 2.43 bits per heavy atom. The van der Waals surface area contributed by atoms with E-state index in [4.69, 9.17) is 9.47 Å². The minimum absolute atomic E-state index is 0.0264. The zero-order chi connectivity index (χ0) is 24.8. The van der Waals surface area contributed by atoms with Gasteiger partial charge in [-0.3, -0.25) is 4.79 Å². The lowest BCUT2D eigenvalue weighted by atomic mass is 9.42. The number of allylic oxidation sites excluding steroid dienone is 2. The third-order valence-corrected chi connectivity index (χ3v) is 13.2. The number of aliphatic hydroxyl groups is 1. The average molecular weight is 481 g/mol. The molecule has 1 N–H and O–H groups in total. The van der Waals surface area contributed by atoms with Crippen LogP contribution in [0.2, 0.25) is 0 Å². The molecule has 7 aliphatic rings. The molecule has 5 heteroatoms. The van der Waals surface area contributed by atoms with E-state index >= 15 is 0 Å². The number of hydrogen-bond acceptors (Lipinski definition) is 5. The van der Waals surface area contributed by atoms with Crippen LogP contribution in [0.4, 0.5) is 0 Å². The summed E-state index contributed by atoms with van der Waals surface area (Å²) in [5.74, 6) is 0.329. The van der Waals surface area contributed by atoms with E-state index in [1.807, 2.05) is 6.08 Å². The second-order valence-electron chi connectivity index (χ2n) is 14.4. The summed E-state index contributed by atoms with van der Waals surface area (Å²) in [7, 11) is 0. The first kappa shape index (κ1) is 22.7. The number of ketones is 1. The quantitative estimate of drug-likeness (QED) is 0.514. The van der Waals surface area contributed by atoms with Crippen molar-refractivity contribution >= 4 is 11.8 Å². The molecular formula is C30H40O5. The molecule has 5 fully saturated rings. The maximum atomic E-state index is 12.8. The van der Waals surface area contributed by atoms with Gasteiger partial charge in [-0.15, -0.1) is 0 Å². The predicted octanol–water partition coefficient (Wildman–Crippen LogP) is 5.32. The van der Waals surface area contributed by atoms with E-state index in [2.05, 4.69) is 33.8 Å². The Morgan fingerprint density at radius 1 is 0.971 bits per heavy atom. The molecule has 0 aromatic carbocycles. The zero-order valence-corrected chi connectivity index (χ0v) is 21.9. The number of carbonyl (C=O) groups is 2. The molecule has 2 aliphatic heterocycles. The fourth-order valence-electron chi connectivity index (χ4n) is 11.3. The second kappa shape index (κ2) is 6.32. The minimum atomic E-state index is -1.08. The molecule has 0 bridgehead atoms. The summed E-state index contributed by atoms with van der Waals surface area (Å²) in [6.07, 6.45) is 13.9. The van der Waals surface area contributed by atoms with Crippen LogP contribution in [0.25, 0.3) is 0 Å². The molecule has 2 heterocycles. The Labute approximate surface area is 208 Å². The molecule has 0 amide bonds. The van der Waals surface area contributed by atoms with E-state index < -0.39 is 12.1 Å². The summed E-state index contributed by atoms with van der Waals surface area (Å²) in [6.45, 7) is 11.2. The molecule has 5 aliphatic carbocycles. The van der Waals surface area contributed by atoms with Crippen LogP contribution >= 0.6 is 0 Å². The van der Waals surface area contributed by atoms with Gasteiger partial charge in [-0.25, -0.2) is 4.79 Å². The van der Waals surface area contributed by atoms with Gasteiger partial charge in [0.2, 0.25) is 5.79 Å². The van der Waals surface area contributed by atoms with Gasteiger partial charge in [0.15, 0.2) is 12.1 Å². The number of aliphatic hydroxyl groups excluding tert-OH is 1. The highest BCUT2D eigenvalue weighted by Crippen LogP contribution is 2.88.